The first-order chi connectivity index (χ1) is 16.8. The number of amides is 2. The molecule has 0 saturated carbocycles. The van der Waals surface area contributed by atoms with Crippen molar-refractivity contribution in [2.24, 2.45) is 5.92 Å². The predicted octanol–water partition coefficient (Wildman–Crippen LogP) is 8.82. The maximum Gasteiger partial charge on any atom is 0.410 e. The molecule has 0 radical (unpaired) electrons. The lowest BCUT2D eigenvalue weighted by Crippen LogP contribution is -2.45. The van der Waals surface area contributed by atoms with Gasteiger partial charge in [0.1, 0.15) is 11.2 Å². The summed E-state index contributed by atoms with van der Waals surface area (Å²) in [5.74, 6) is 0.190. The number of unbranched alkanes of at least 4 members (excludes halogenated alkanes) is 8. The van der Waals surface area contributed by atoms with Crippen molar-refractivity contribution in [1.29, 1.82) is 0 Å². The van der Waals surface area contributed by atoms with Crippen molar-refractivity contribution in [3.8, 4) is 0 Å². The molecule has 0 rings (SSSR count). The fraction of sp³-hybridized carbons (Fsp3) is 0.933. The molecule has 2 amide bonds. The lowest BCUT2D eigenvalue weighted by atomic mass is 9.98. The Morgan fingerprint density at radius 1 is 0.583 bits per heavy atom. The number of hydrogen-bond donors (Lipinski definition) is 0. The molecule has 0 saturated heterocycles. The molecule has 0 aliphatic carbocycles. The molecule has 6 nitrogen and oxygen atoms in total. The SMILES string of the molecule is CCCCCCCC(CN(CCCCC)C(=O)OC(C)(C)C)CN(CCCCC)C(=O)OC(C)(C)C. The maximum absolute atomic E-state index is 13.1. The molecular formula is C30H60N2O4. The molecule has 0 aromatic rings. The van der Waals surface area contributed by atoms with Crippen molar-refractivity contribution in [2.45, 2.75) is 151 Å². The molecule has 214 valence electrons. The Morgan fingerprint density at radius 3 is 1.31 bits per heavy atom. The zero-order valence-electron chi connectivity index (χ0n) is 25.4. The van der Waals surface area contributed by atoms with E-state index in [-0.39, 0.29) is 18.1 Å². The number of hydrogen-bond acceptors (Lipinski definition) is 4. The van der Waals surface area contributed by atoms with Gasteiger partial charge in [-0.15, -0.1) is 0 Å². The Labute approximate surface area is 223 Å². The summed E-state index contributed by atoms with van der Waals surface area (Å²) in [6, 6.07) is 0. The van der Waals surface area contributed by atoms with E-state index in [0.29, 0.717) is 26.2 Å². The number of rotatable bonds is 18. The van der Waals surface area contributed by atoms with Crippen LogP contribution in [-0.4, -0.2) is 59.4 Å². The van der Waals surface area contributed by atoms with E-state index in [1.54, 1.807) is 0 Å². The number of nitrogens with zero attached hydrogens (tertiary/aromatic N) is 2. The zero-order valence-corrected chi connectivity index (χ0v) is 25.4. The molecule has 0 aliphatic heterocycles. The average molecular weight is 513 g/mol. The molecule has 0 atom stereocenters. The third-order valence-electron chi connectivity index (χ3n) is 6.04. The quantitative estimate of drug-likeness (QED) is 0.172. The van der Waals surface area contributed by atoms with Gasteiger partial charge in [-0.1, -0.05) is 78.6 Å². The van der Waals surface area contributed by atoms with Crippen LogP contribution in [0.3, 0.4) is 0 Å². The van der Waals surface area contributed by atoms with Gasteiger partial charge >= 0.3 is 12.2 Å². The summed E-state index contributed by atoms with van der Waals surface area (Å²) in [5, 5.41) is 0. The maximum atomic E-state index is 13.1. The molecule has 0 spiro atoms. The summed E-state index contributed by atoms with van der Waals surface area (Å²) in [5.41, 5.74) is -1.06. The van der Waals surface area contributed by atoms with Crippen LogP contribution in [0.5, 0.6) is 0 Å². The molecule has 6 heteroatoms. The normalized spacial score (nSPS) is 12.1. The molecule has 0 N–H and O–H groups in total. The Balaban J connectivity index is 5.66. The van der Waals surface area contributed by atoms with Crippen molar-refractivity contribution in [3.05, 3.63) is 0 Å². The van der Waals surface area contributed by atoms with Gasteiger partial charge in [0.2, 0.25) is 0 Å². The lowest BCUT2D eigenvalue weighted by molar-refractivity contribution is 0.0136. The summed E-state index contributed by atoms with van der Waals surface area (Å²) in [6.07, 6.45) is 12.8. The van der Waals surface area contributed by atoms with Gasteiger partial charge in [-0.05, 0) is 66.7 Å². The highest BCUT2D eigenvalue weighted by Gasteiger charge is 2.28. The van der Waals surface area contributed by atoms with Gasteiger partial charge in [0.05, 0.1) is 0 Å². The molecule has 0 aliphatic rings. The number of carbonyl (C=O) groups excluding carboxylic acids is 2. The highest BCUT2D eigenvalue weighted by atomic mass is 16.6. The molecule has 0 aromatic heterocycles. The van der Waals surface area contributed by atoms with Gasteiger partial charge in [0.15, 0.2) is 0 Å². The van der Waals surface area contributed by atoms with Crippen molar-refractivity contribution >= 4 is 12.2 Å². The van der Waals surface area contributed by atoms with Crippen LogP contribution in [0.2, 0.25) is 0 Å². The minimum Gasteiger partial charge on any atom is -0.444 e. The first-order valence-electron chi connectivity index (χ1n) is 14.8. The Hall–Kier alpha value is -1.46. The molecular weight excluding hydrogens is 452 g/mol. The predicted molar refractivity (Wildman–Crippen MR) is 152 cm³/mol. The minimum absolute atomic E-state index is 0.190. The number of carbonyl (C=O) groups is 2. The monoisotopic (exact) mass is 512 g/mol. The second-order valence-electron chi connectivity index (χ2n) is 12.3. The van der Waals surface area contributed by atoms with Gasteiger partial charge in [0.25, 0.3) is 0 Å². The van der Waals surface area contributed by atoms with Crippen LogP contribution in [-0.2, 0) is 9.47 Å². The van der Waals surface area contributed by atoms with Gasteiger partial charge in [0, 0.05) is 26.2 Å². The largest absolute Gasteiger partial charge is 0.444 e. The Morgan fingerprint density at radius 2 is 0.944 bits per heavy atom. The fourth-order valence-corrected chi connectivity index (χ4v) is 4.17. The van der Waals surface area contributed by atoms with Crippen LogP contribution in [0.15, 0.2) is 0 Å². The van der Waals surface area contributed by atoms with E-state index in [2.05, 4.69) is 20.8 Å². The zero-order chi connectivity index (χ0) is 27.6. The summed E-state index contributed by atoms with van der Waals surface area (Å²) in [7, 11) is 0. The van der Waals surface area contributed by atoms with Gasteiger partial charge < -0.3 is 19.3 Å². The third-order valence-corrected chi connectivity index (χ3v) is 6.04. The lowest BCUT2D eigenvalue weighted by Gasteiger charge is -2.34. The fourth-order valence-electron chi connectivity index (χ4n) is 4.17. The summed E-state index contributed by atoms with van der Waals surface area (Å²) < 4.78 is 11.5. The Bertz CT molecular complexity index is 536. The summed E-state index contributed by atoms with van der Waals surface area (Å²) >= 11 is 0. The van der Waals surface area contributed by atoms with E-state index in [1.165, 1.54) is 25.7 Å². The molecule has 36 heavy (non-hydrogen) atoms. The van der Waals surface area contributed by atoms with E-state index in [4.69, 9.17) is 9.47 Å². The van der Waals surface area contributed by atoms with Crippen LogP contribution >= 0.6 is 0 Å². The van der Waals surface area contributed by atoms with E-state index < -0.39 is 11.2 Å². The molecule has 0 bridgehead atoms. The highest BCUT2D eigenvalue weighted by Crippen LogP contribution is 2.20. The molecule has 0 unspecified atom stereocenters. The van der Waals surface area contributed by atoms with Crippen LogP contribution < -0.4 is 0 Å². The molecule has 0 heterocycles. The summed E-state index contributed by atoms with van der Waals surface area (Å²) in [4.78, 5) is 30.0. The van der Waals surface area contributed by atoms with Crippen molar-refractivity contribution in [2.75, 3.05) is 26.2 Å². The highest BCUT2D eigenvalue weighted by molar-refractivity contribution is 5.69. The first kappa shape index (κ1) is 34.5. The number of ether oxygens (including phenoxy) is 2. The van der Waals surface area contributed by atoms with E-state index in [9.17, 15) is 9.59 Å². The van der Waals surface area contributed by atoms with Crippen LogP contribution in [0, 0.1) is 5.92 Å². The van der Waals surface area contributed by atoms with E-state index in [1.807, 2.05) is 51.3 Å². The first-order valence-corrected chi connectivity index (χ1v) is 14.8. The van der Waals surface area contributed by atoms with Crippen LogP contribution in [0.25, 0.3) is 0 Å². The topological polar surface area (TPSA) is 59.1 Å². The smallest absolute Gasteiger partial charge is 0.410 e. The molecule has 0 aromatic carbocycles. The summed E-state index contributed by atoms with van der Waals surface area (Å²) in [6.45, 7) is 20.7. The van der Waals surface area contributed by atoms with Crippen LogP contribution in [0.1, 0.15) is 139 Å². The van der Waals surface area contributed by atoms with Crippen molar-refractivity contribution in [1.82, 2.24) is 9.80 Å². The standard InChI is InChI=1S/C30H60N2O4/c1-10-13-16-17-18-21-26(24-31(22-19-14-11-2)27(33)35-29(4,5)6)25-32(23-20-15-12-3)28(34)36-30(7,8)9/h26H,10-25H2,1-9H3. The van der Waals surface area contributed by atoms with Crippen molar-refractivity contribution in [3.63, 3.8) is 0 Å². The second kappa shape index (κ2) is 18.7. The van der Waals surface area contributed by atoms with Gasteiger partial charge in [-0.2, -0.15) is 0 Å². The minimum atomic E-state index is -0.529. The van der Waals surface area contributed by atoms with E-state index in [0.717, 1.165) is 51.4 Å². The molecule has 0 fully saturated rings. The van der Waals surface area contributed by atoms with Gasteiger partial charge in [-0.3, -0.25) is 0 Å². The van der Waals surface area contributed by atoms with Crippen molar-refractivity contribution < 1.29 is 19.1 Å². The van der Waals surface area contributed by atoms with Crippen LogP contribution in [0.4, 0.5) is 9.59 Å². The second-order valence-corrected chi connectivity index (χ2v) is 12.3. The Kier molecular flexibility index (Phi) is 18.0. The average Bonchev–Trinajstić information content (AvgIpc) is 2.75. The third kappa shape index (κ3) is 18.8. The van der Waals surface area contributed by atoms with E-state index >= 15 is 0 Å². The van der Waals surface area contributed by atoms with Gasteiger partial charge in [-0.25, -0.2) is 9.59 Å².